The van der Waals surface area contributed by atoms with Crippen LogP contribution >= 0.6 is 11.6 Å². The average molecular weight is 347 g/mol. The molecule has 122 valence electrons. The normalized spacial score (nSPS) is 17.9. The summed E-state index contributed by atoms with van der Waals surface area (Å²) in [6, 6.07) is 3.08. The van der Waals surface area contributed by atoms with E-state index in [2.05, 4.69) is 9.71 Å². The molecule has 1 fully saturated rings. The molecule has 1 aromatic rings. The molecule has 1 atom stereocenters. The number of carbonyl (C=O) groups is 1. The van der Waals surface area contributed by atoms with Crippen LogP contribution in [-0.2, 0) is 25.3 Å². The number of hydrogen-bond donors (Lipinski definition) is 1. The maximum atomic E-state index is 12.1. The van der Waals surface area contributed by atoms with Gasteiger partial charge in [0.1, 0.15) is 5.15 Å². The molecule has 1 amide bonds. The summed E-state index contributed by atoms with van der Waals surface area (Å²) in [6.07, 6.45) is 2.93. The molecular formula is C14H19ClN2O4S. The fourth-order valence-electron chi connectivity index (χ4n) is 2.42. The van der Waals surface area contributed by atoms with Crippen LogP contribution < -0.4 is 4.72 Å². The summed E-state index contributed by atoms with van der Waals surface area (Å²) >= 11 is 5.65. The van der Waals surface area contributed by atoms with Crippen LogP contribution in [0.4, 0.5) is 0 Å². The Morgan fingerprint density at radius 2 is 2.14 bits per heavy atom. The fraction of sp³-hybridized carbons (Fsp3) is 0.571. The lowest BCUT2D eigenvalue weighted by Gasteiger charge is -2.26. The molecule has 0 saturated carbocycles. The third-order valence-electron chi connectivity index (χ3n) is 3.79. The van der Waals surface area contributed by atoms with E-state index in [9.17, 15) is 13.2 Å². The van der Waals surface area contributed by atoms with Crippen molar-refractivity contribution in [1.29, 1.82) is 0 Å². The predicted octanol–water partition coefficient (Wildman–Crippen LogP) is 1.74. The number of amides is 1. The summed E-state index contributed by atoms with van der Waals surface area (Å²) in [4.78, 5) is 16.0. The molecule has 1 unspecified atom stereocenters. The van der Waals surface area contributed by atoms with E-state index in [-0.39, 0.29) is 17.6 Å². The molecule has 0 aliphatic carbocycles. The van der Waals surface area contributed by atoms with Gasteiger partial charge in [-0.15, -0.1) is 0 Å². The number of hydrogen-bond acceptors (Lipinski definition) is 5. The summed E-state index contributed by atoms with van der Waals surface area (Å²) in [5.41, 5.74) is 0.475. The molecule has 0 spiro atoms. The topological polar surface area (TPSA) is 85.4 Å². The van der Waals surface area contributed by atoms with Crippen LogP contribution in [0.1, 0.15) is 25.3 Å². The summed E-state index contributed by atoms with van der Waals surface area (Å²) in [7, 11) is -3.74. The molecule has 0 radical (unpaired) electrons. The second-order valence-corrected chi connectivity index (χ2v) is 7.56. The zero-order chi connectivity index (χ0) is 16.2. The monoisotopic (exact) mass is 346 g/mol. The van der Waals surface area contributed by atoms with Crippen molar-refractivity contribution >= 4 is 27.5 Å². The maximum Gasteiger partial charge on any atom is 0.239 e. The second-order valence-electron chi connectivity index (χ2n) is 5.45. The van der Waals surface area contributed by atoms with E-state index >= 15 is 0 Å². The number of aromatic nitrogens is 1. The lowest BCUT2D eigenvalue weighted by molar-refractivity contribution is -0.125. The van der Waals surface area contributed by atoms with Crippen molar-refractivity contribution in [3.63, 3.8) is 0 Å². The molecule has 22 heavy (non-hydrogen) atoms. The van der Waals surface area contributed by atoms with Gasteiger partial charge in [0, 0.05) is 25.3 Å². The summed E-state index contributed by atoms with van der Waals surface area (Å²) in [5, 5.41) is 0.290. The fourth-order valence-corrected chi connectivity index (χ4v) is 3.71. The first kappa shape index (κ1) is 17.2. The van der Waals surface area contributed by atoms with Crippen molar-refractivity contribution in [2.75, 3.05) is 13.2 Å². The minimum atomic E-state index is -3.74. The lowest BCUT2D eigenvalue weighted by Crippen LogP contribution is -2.39. The Hall–Kier alpha value is -1.18. The highest BCUT2D eigenvalue weighted by molar-refractivity contribution is 7.89. The van der Waals surface area contributed by atoms with E-state index in [0.29, 0.717) is 23.9 Å². The third-order valence-corrected chi connectivity index (χ3v) is 5.24. The highest BCUT2D eigenvalue weighted by atomic mass is 35.5. The number of nitrogens with zero attached hydrogens (tertiary/aromatic N) is 1. The highest BCUT2D eigenvalue weighted by Gasteiger charge is 2.28. The molecule has 0 aromatic carbocycles. The van der Waals surface area contributed by atoms with E-state index in [4.69, 9.17) is 16.3 Å². The van der Waals surface area contributed by atoms with Gasteiger partial charge in [-0.2, -0.15) is 0 Å². The first-order valence-corrected chi connectivity index (χ1v) is 9.13. The SMILES string of the molecule is CC(C(=O)NS(=O)(=O)Cc1ccc(Cl)nc1)C1CCOCC1. The van der Waals surface area contributed by atoms with Gasteiger partial charge in [0.05, 0.1) is 5.75 Å². The van der Waals surface area contributed by atoms with Crippen LogP contribution in [0.25, 0.3) is 0 Å². The van der Waals surface area contributed by atoms with Gasteiger partial charge in [-0.05, 0) is 30.4 Å². The van der Waals surface area contributed by atoms with E-state index in [0.717, 1.165) is 12.8 Å². The summed E-state index contributed by atoms with van der Waals surface area (Å²) in [6.45, 7) is 2.99. The van der Waals surface area contributed by atoms with Gasteiger partial charge in [0.2, 0.25) is 15.9 Å². The van der Waals surface area contributed by atoms with Gasteiger partial charge in [-0.3, -0.25) is 9.52 Å². The first-order chi connectivity index (χ1) is 10.4. The molecule has 1 N–H and O–H groups in total. The van der Waals surface area contributed by atoms with Crippen LogP contribution in [0, 0.1) is 11.8 Å². The highest BCUT2D eigenvalue weighted by Crippen LogP contribution is 2.23. The van der Waals surface area contributed by atoms with Crippen LogP contribution in [-0.4, -0.2) is 32.5 Å². The quantitative estimate of drug-likeness (QED) is 0.821. The largest absolute Gasteiger partial charge is 0.381 e. The Labute approximate surface area is 135 Å². The van der Waals surface area contributed by atoms with Gasteiger partial charge >= 0.3 is 0 Å². The van der Waals surface area contributed by atoms with Crippen LogP contribution in [0.3, 0.4) is 0 Å². The zero-order valence-electron chi connectivity index (χ0n) is 12.3. The van der Waals surface area contributed by atoms with Crippen molar-refractivity contribution in [3.8, 4) is 0 Å². The van der Waals surface area contributed by atoms with Gasteiger partial charge < -0.3 is 4.74 Å². The third kappa shape index (κ3) is 4.93. The Kier molecular flexibility index (Phi) is 5.77. The molecule has 0 bridgehead atoms. The molecule has 1 aromatic heterocycles. The molecule has 1 aliphatic rings. The van der Waals surface area contributed by atoms with Crippen LogP contribution in [0.5, 0.6) is 0 Å². The number of rotatable bonds is 5. The molecule has 1 saturated heterocycles. The molecule has 1 aliphatic heterocycles. The lowest BCUT2D eigenvalue weighted by atomic mass is 9.87. The van der Waals surface area contributed by atoms with Crippen LogP contribution in [0.15, 0.2) is 18.3 Å². The second kappa shape index (κ2) is 7.39. The molecule has 2 rings (SSSR count). The summed E-state index contributed by atoms with van der Waals surface area (Å²) < 4.78 is 31.5. The average Bonchev–Trinajstić information content (AvgIpc) is 2.49. The standard InChI is InChI=1S/C14H19ClN2O4S/c1-10(12-4-6-21-7-5-12)14(18)17-22(19,20)9-11-2-3-13(15)16-8-11/h2-3,8,10,12H,4-7,9H2,1H3,(H,17,18). The molecule has 6 nitrogen and oxygen atoms in total. The van der Waals surface area contributed by atoms with E-state index in [1.165, 1.54) is 12.3 Å². The van der Waals surface area contributed by atoms with E-state index in [1.807, 2.05) is 0 Å². The van der Waals surface area contributed by atoms with Gasteiger partial charge in [0.15, 0.2) is 0 Å². The molecular weight excluding hydrogens is 328 g/mol. The van der Waals surface area contributed by atoms with Crippen molar-refractivity contribution in [2.45, 2.75) is 25.5 Å². The van der Waals surface area contributed by atoms with E-state index < -0.39 is 15.9 Å². The maximum absolute atomic E-state index is 12.1. The predicted molar refractivity (Wildman–Crippen MR) is 82.7 cm³/mol. The van der Waals surface area contributed by atoms with Gasteiger partial charge in [0.25, 0.3) is 0 Å². The Balaban J connectivity index is 1.95. The number of ether oxygens (including phenoxy) is 1. The Morgan fingerprint density at radius 3 is 2.73 bits per heavy atom. The minimum Gasteiger partial charge on any atom is -0.381 e. The number of pyridine rings is 1. The number of sulfonamides is 1. The Bertz CT molecular complexity index is 612. The van der Waals surface area contributed by atoms with Crippen molar-refractivity contribution < 1.29 is 17.9 Å². The summed E-state index contributed by atoms with van der Waals surface area (Å²) in [5.74, 6) is -0.972. The van der Waals surface area contributed by atoms with Crippen molar-refractivity contribution in [3.05, 3.63) is 29.0 Å². The minimum absolute atomic E-state index is 0.154. The number of halogens is 1. The van der Waals surface area contributed by atoms with Gasteiger partial charge in [-0.1, -0.05) is 24.6 Å². The van der Waals surface area contributed by atoms with Crippen molar-refractivity contribution in [1.82, 2.24) is 9.71 Å². The number of carbonyl (C=O) groups excluding carboxylic acids is 1. The number of nitrogens with one attached hydrogen (secondary N) is 1. The van der Waals surface area contributed by atoms with Crippen LogP contribution in [0.2, 0.25) is 5.15 Å². The van der Waals surface area contributed by atoms with Gasteiger partial charge in [-0.25, -0.2) is 13.4 Å². The van der Waals surface area contributed by atoms with E-state index in [1.54, 1.807) is 13.0 Å². The smallest absolute Gasteiger partial charge is 0.239 e. The Morgan fingerprint density at radius 1 is 1.45 bits per heavy atom. The zero-order valence-corrected chi connectivity index (χ0v) is 13.9. The molecule has 8 heteroatoms. The van der Waals surface area contributed by atoms with Crippen molar-refractivity contribution in [2.24, 2.45) is 11.8 Å². The first-order valence-electron chi connectivity index (χ1n) is 7.10. The molecule has 2 heterocycles.